The van der Waals surface area contributed by atoms with Crippen molar-refractivity contribution in [3.05, 3.63) is 86.7 Å². The third kappa shape index (κ3) is 4.83. The van der Waals surface area contributed by atoms with Gasteiger partial charge in [-0.2, -0.15) is 5.10 Å². The molecular formula is C19H14Br2N2O3. The molecule has 0 saturated carbocycles. The van der Waals surface area contributed by atoms with Crippen LogP contribution >= 0.6 is 31.9 Å². The van der Waals surface area contributed by atoms with Crippen molar-refractivity contribution < 1.29 is 13.9 Å². The lowest BCUT2D eigenvalue weighted by atomic mass is 10.2. The molecule has 3 aromatic rings. The number of halogens is 2. The van der Waals surface area contributed by atoms with E-state index in [2.05, 4.69) is 42.4 Å². The van der Waals surface area contributed by atoms with Crippen molar-refractivity contribution in [2.24, 2.45) is 5.10 Å². The van der Waals surface area contributed by atoms with Crippen LogP contribution in [-0.4, -0.2) is 12.1 Å². The Hall–Kier alpha value is -2.38. The lowest BCUT2D eigenvalue weighted by molar-refractivity contribution is 0.0927. The van der Waals surface area contributed by atoms with Crippen LogP contribution in [0.3, 0.4) is 0 Å². The van der Waals surface area contributed by atoms with E-state index in [0.29, 0.717) is 17.9 Å². The second-order valence-corrected chi connectivity index (χ2v) is 7.03. The summed E-state index contributed by atoms with van der Waals surface area (Å²) < 4.78 is 12.6. The number of hydrazone groups is 1. The molecule has 0 aliphatic heterocycles. The molecule has 0 unspecified atom stereocenters. The van der Waals surface area contributed by atoms with E-state index in [0.717, 1.165) is 14.5 Å². The molecule has 5 nitrogen and oxygen atoms in total. The zero-order valence-corrected chi connectivity index (χ0v) is 16.7. The van der Waals surface area contributed by atoms with Gasteiger partial charge in [0.25, 0.3) is 0 Å². The number of amides is 1. The van der Waals surface area contributed by atoms with Crippen molar-refractivity contribution >= 4 is 44.0 Å². The number of hydrogen-bond donors (Lipinski definition) is 1. The summed E-state index contributed by atoms with van der Waals surface area (Å²) in [7, 11) is 0. The molecule has 0 atom stereocenters. The molecule has 1 aromatic heterocycles. The molecule has 26 heavy (non-hydrogen) atoms. The van der Waals surface area contributed by atoms with Crippen molar-refractivity contribution in [3.8, 4) is 5.75 Å². The first-order valence-electron chi connectivity index (χ1n) is 7.66. The predicted molar refractivity (Wildman–Crippen MR) is 106 cm³/mol. The summed E-state index contributed by atoms with van der Waals surface area (Å²) in [5.74, 6) is 0.401. The number of ether oxygens (including phenoxy) is 1. The molecule has 0 bridgehead atoms. The number of carbonyl (C=O) groups excluding carboxylic acids is 1. The van der Waals surface area contributed by atoms with Crippen molar-refractivity contribution in [3.63, 3.8) is 0 Å². The fraction of sp³-hybridized carbons (Fsp3) is 0.0526. The zero-order chi connectivity index (χ0) is 18.4. The maximum atomic E-state index is 11.9. The Balaban J connectivity index is 1.75. The second-order valence-electron chi connectivity index (χ2n) is 5.26. The van der Waals surface area contributed by atoms with Gasteiger partial charge in [0, 0.05) is 10.0 Å². The van der Waals surface area contributed by atoms with Crippen molar-refractivity contribution in [2.75, 3.05) is 0 Å². The fourth-order valence-corrected chi connectivity index (χ4v) is 3.55. The number of nitrogens with one attached hydrogen (secondary N) is 1. The van der Waals surface area contributed by atoms with Crippen molar-refractivity contribution in [1.29, 1.82) is 0 Å². The Kier molecular flexibility index (Phi) is 6.25. The van der Waals surface area contributed by atoms with Gasteiger partial charge in [-0.15, -0.1) is 0 Å². The minimum Gasteiger partial charge on any atom is -0.487 e. The second kappa shape index (κ2) is 8.82. The molecule has 0 spiro atoms. The minimum absolute atomic E-state index is 0.193. The molecule has 0 radical (unpaired) electrons. The Morgan fingerprint density at radius 2 is 1.96 bits per heavy atom. The molecule has 132 valence electrons. The third-order valence-electron chi connectivity index (χ3n) is 3.38. The number of furan rings is 1. The monoisotopic (exact) mass is 476 g/mol. The molecule has 3 rings (SSSR count). The number of carbonyl (C=O) groups is 1. The highest BCUT2D eigenvalue weighted by Crippen LogP contribution is 2.32. The van der Waals surface area contributed by atoms with Crippen LogP contribution in [0.5, 0.6) is 5.75 Å². The minimum atomic E-state index is -0.424. The molecule has 2 aromatic carbocycles. The van der Waals surface area contributed by atoms with Crippen LogP contribution in [0.25, 0.3) is 0 Å². The van der Waals surface area contributed by atoms with Crippen molar-refractivity contribution in [2.45, 2.75) is 6.61 Å². The molecule has 0 aliphatic rings. The largest absolute Gasteiger partial charge is 0.487 e. The third-order valence-corrected chi connectivity index (χ3v) is 4.42. The lowest BCUT2D eigenvalue weighted by Crippen LogP contribution is -2.16. The Labute approximate surface area is 167 Å². The van der Waals surface area contributed by atoms with Gasteiger partial charge in [0.15, 0.2) is 5.76 Å². The van der Waals surface area contributed by atoms with Crippen LogP contribution in [0.2, 0.25) is 0 Å². The normalized spacial score (nSPS) is 10.8. The van der Waals surface area contributed by atoms with Crippen LogP contribution in [0.4, 0.5) is 0 Å². The van der Waals surface area contributed by atoms with E-state index in [1.807, 2.05) is 42.5 Å². The van der Waals surface area contributed by atoms with Crippen LogP contribution in [0.15, 0.2) is 79.3 Å². The standard InChI is InChI=1S/C19H14Br2N2O3/c20-15-9-14(11-22-23-19(24)17-7-4-8-25-17)18(16(21)10-15)26-12-13-5-2-1-3-6-13/h1-11H,12H2,(H,23,24)/b22-11+. The predicted octanol–water partition coefficient (Wildman–Crippen LogP) is 5.15. The number of nitrogens with zero attached hydrogens (tertiary/aromatic N) is 1. The fourth-order valence-electron chi connectivity index (χ4n) is 2.18. The SMILES string of the molecule is O=C(N/N=C/c1cc(Br)cc(Br)c1OCc1ccccc1)c1ccco1. The number of hydrogen-bond acceptors (Lipinski definition) is 4. The van der Waals surface area contributed by atoms with Crippen LogP contribution in [0.1, 0.15) is 21.7 Å². The summed E-state index contributed by atoms with van der Waals surface area (Å²) in [5.41, 5.74) is 4.19. The summed E-state index contributed by atoms with van der Waals surface area (Å²) >= 11 is 6.95. The van der Waals surface area contributed by atoms with E-state index >= 15 is 0 Å². The van der Waals surface area contributed by atoms with Crippen LogP contribution in [-0.2, 0) is 6.61 Å². The Morgan fingerprint density at radius 1 is 1.15 bits per heavy atom. The van der Waals surface area contributed by atoms with Gasteiger partial charge in [0.2, 0.25) is 0 Å². The van der Waals surface area contributed by atoms with Gasteiger partial charge in [-0.25, -0.2) is 5.43 Å². The van der Waals surface area contributed by atoms with E-state index < -0.39 is 5.91 Å². The van der Waals surface area contributed by atoms with Gasteiger partial charge in [0.05, 0.1) is 17.0 Å². The quantitative estimate of drug-likeness (QED) is 0.394. The molecule has 1 N–H and O–H groups in total. The summed E-state index contributed by atoms with van der Waals surface area (Å²) in [6.45, 7) is 0.417. The zero-order valence-electron chi connectivity index (χ0n) is 13.5. The summed E-state index contributed by atoms with van der Waals surface area (Å²) in [6.07, 6.45) is 2.95. The maximum Gasteiger partial charge on any atom is 0.307 e. The highest BCUT2D eigenvalue weighted by atomic mass is 79.9. The molecule has 0 fully saturated rings. The highest BCUT2D eigenvalue weighted by molar-refractivity contribution is 9.11. The first-order chi connectivity index (χ1) is 12.6. The van der Waals surface area contributed by atoms with Gasteiger partial charge in [0.1, 0.15) is 12.4 Å². The van der Waals surface area contributed by atoms with Gasteiger partial charge < -0.3 is 9.15 Å². The van der Waals surface area contributed by atoms with Gasteiger partial charge in [-0.3, -0.25) is 4.79 Å². The van der Waals surface area contributed by atoms with E-state index in [9.17, 15) is 4.79 Å². The summed E-state index contributed by atoms with van der Waals surface area (Å²) in [5, 5.41) is 3.99. The van der Waals surface area contributed by atoms with Gasteiger partial charge >= 0.3 is 5.91 Å². The van der Waals surface area contributed by atoms with E-state index in [1.165, 1.54) is 12.5 Å². The van der Waals surface area contributed by atoms with Crippen LogP contribution in [0, 0.1) is 0 Å². The van der Waals surface area contributed by atoms with E-state index in [1.54, 1.807) is 12.1 Å². The first-order valence-corrected chi connectivity index (χ1v) is 9.25. The van der Waals surface area contributed by atoms with E-state index in [4.69, 9.17) is 9.15 Å². The summed E-state index contributed by atoms with van der Waals surface area (Å²) in [4.78, 5) is 11.9. The summed E-state index contributed by atoms with van der Waals surface area (Å²) in [6, 6.07) is 16.8. The van der Waals surface area contributed by atoms with Crippen molar-refractivity contribution in [1.82, 2.24) is 5.43 Å². The molecule has 0 saturated heterocycles. The van der Waals surface area contributed by atoms with Crippen LogP contribution < -0.4 is 10.2 Å². The Morgan fingerprint density at radius 3 is 2.69 bits per heavy atom. The lowest BCUT2D eigenvalue weighted by Gasteiger charge is -2.12. The molecule has 1 heterocycles. The van der Waals surface area contributed by atoms with Gasteiger partial charge in [-0.05, 0) is 45.8 Å². The molecule has 0 aliphatic carbocycles. The number of benzene rings is 2. The van der Waals surface area contributed by atoms with Gasteiger partial charge in [-0.1, -0.05) is 46.3 Å². The highest BCUT2D eigenvalue weighted by Gasteiger charge is 2.10. The average molecular weight is 478 g/mol. The molecule has 7 heteroatoms. The smallest absolute Gasteiger partial charge is 0.307 e. The first kappa shape index (κ1) is 18.4. The maximum absolute atomic E-state index is 11.9. The average Bonchev–Trinajstić information content (AvgIpc) is 3.16. The van der Waals surface area contributed by atoms with E-state index in [-0.39, 0.29) is 5.76 Å². The molecular weight excluding hydrogens is 464 g/mol. The molecule has 1 amide bonds. The Bertz CT molecular complexity index is 910. The number of rotatable bonds is 6. The topological polar surface area (TPSA) is 63.8 Å².